The number of aryl methyl sites for hydroxylation is 1. The van der Waals surface area contributed by atoms with Crippen molar-refractivity contribution in [3.8, 4) is 0 Å². The van der Waals surface area contributed by atoms with E-state index in [-0.39, 0.29) is 0 Å². The smallest absolute Gasteiger partial charge is 0.178 e. The highest BCUT2D eigenvalue weighted by Gasteiger charge is 2.28. The lowest BCUT2D eigenvalue weighted by molar-refractivity contribution is -0.00459. The van der Waals surface area contributed by atoms with Crippen molar-refractivity contribution >= 4 is 11.5 Å². The van der Waals surface area contributed by atoms with Gasteiger partial charge in [-0.05, 0) is 31.9 Å². The molecule has 1 aliphatic heterocycles. The van der Waals surface area contributed by atoms with Crippen molar-refractivity contribution in [2.24, 2.45) is 0 Å². The van der Waals surface area contributed by atoms with Gasteiger partial charge in [0.25, 0.3) is 0 Å². The lowest BCUT2D eigenvalue weighted by atomic mass is 9.96. The van der Waals surface area contributed by atoms with Crippen LogP contribution in [0, 0.1) is 6.92 Å². The van der Waals surface area contributed by atoms with E-state index in [1.54, 1.807) is 4.52 Å². The monoisotopic (exact) mass is 318 g/mol. The second-order valence-electron chi connectivity index (χ2n) is 6.40. The zero-order chi connectivity index (χ0) is 16.4. The van der Waals surface area contributed by atoms with Crippen molar-refractivity contribution in [1.29, 1.82) is 0 Å². The third kappa shape index (κ3) is 3.30. The Labute approximate surface area is 136 Å². The first-order chi connectivity index (χ1) is 11.0. The number of aliphatic hydroxyl groups is 1. The maximum atomic E-state index is 10.5. The van der Waals surface area contributed by atoms with Crippen molar-refractivity contribution in [2.45, 2.75) is 39.2 Å². The standard InChI is InChI=1S/C16H26N6O/c1-4-16(23,5-2)12-20-8-10-21(11-9-20)15-7-6-14-18-17-13(3)22(14)19-15/h6-7,23H,4-5,8-12H2,1-3H3. The van der Waals surface area contributed by atoms with E-state index in [0.29, 0.717) is 0 Å². The molecule has 1 fully saturated rings. The van der Waals surface area contributed by atoms with Crippen LogP contribution < -0.4 is 4.90 Å². The lowest BCUT2D eigenvalue weighted by Gasteiger charge is -2.39. The molecule has 3 heterocycles. The summed E-state index contributed by atoms with van der Waals surface area (Å²) in [6.07, 6.45) is 1.60. The molecule has 0 atom stereocenters. The van der Waals surface area contributed by atoms with Gasteiger partial charge in [-0.15, -0.1) is 15.3 Å². The van der Waals surface area contributed by atoms with E-state index in [1.807, 2.05) is 19.1 Å². The van der Waals surface area contributed by atoms with E-state index < -0.39 is 5.60 Å². The number of fused-ring (bicyclic) bond motifs is 1. The first-order valence-corrected chi connectivity index (χ1v) is 8.43. The molecule has 1 saturated heterocycles. The van der Waals surface area contributed by atoms with Gasteiger partial charge in [0.2, 0.25) is 0 Å². The van der Waals surface area contributed by atoms with Crippen molar-refractivity contribution in [2.75, 3.05) is 37.6 Å². The Hall–Kier alpha value is -1.73. The second-order valence-corrected chi connectivity index (χ2v) is 6.40. The maximum Gasteiger partial charge on any atom is 0.178 e. The Balaban J connectivity index is 1.65. The summed E-state index contributed by atoms with van der Waals surface area (Å²) in [4.78, 5) is 4.64. The summed E-state index contributed by atoms with van der Waals surface area (Å²) in [5.74, 6) is 1.76. The van der Waals surface area contributed by atoms with Gasteiger partial charge in [-0.1, -0.05) is 13.8 Å². The fourth-order valence-electron chi connectivity index (χ4n) is 3.08. The highest BCUT2D eigenvalue weighted by Crippen LogP contribution is 2.19. The number of piperazine rings is 1. The van der Waals surface area contributed by atoms with Gasteiger partial charge in [0.1, 0.15) is 5.82 Å². The highest BCUT2D eigenvalue weighted by atomic mass is 16.3. The second kappa shape index (κ2) is 6.41. The Kier molecular flexibility index (Phi) is 4.50. The molecule has 7 nitrogen and oxygen atoms in total. The van der Waals surface area contributed by atoms with Crippen LogP contribution in [0.15, 0.2) is 12.1 Å². The summed E-state index contributed by atoms with van der Waals surface area (Å²) in [6, 6.07) is 3.97. The van der Waals surface area contributed by atoms with Gasteiger partial charge < -0.3 is 10.0 Å². The predicted molar refractivity (Wildman–Crippen MR) is 89.7 cm³/mol. The Morgan fingerprint density at radius 2 is 1.78 bits per heavy atom. The third-order valence-electron chi connectivity index (χ3n) is 4.94. The SMILES string of the molecule is CCC(O)(CC)CN1CCN(c2ccc3nnc(C)n3n2)CC1. The van der Waals surface area contributed by atoms with Crippen LogP contribution in [-0.4, -0.2) is 68.1 Å². The molecular formula is C16H26N6O. The van der Waals surface area contributed by atoms with Gasteiger partial charge >= 0.3 is 0 Å². The van der Waals surface area contributed by atoms with E-state index in [4.69, 9.17) is 0 Å². The molecule has 0 saturated carbocycles. The van der Waals surface area contributed by atoms with E-state index in [1.165, 1.54) is 0 Å². The number of nitrogens with zero attached hydrogens (tertiary/aromatic N) is 6. The fraction of sp³-hybridized carbons (Fsp3) is 0.688. The van der Waals surface area contributed by atoms with Crippen molar-refractivity contribution in [1.82, 2.24) is 24.7 Å². The normalized spacial score (nSPS) is 17.1. The number of β-amino-alcohol motifs (C(OH)–C–C–N with tert-alkyl or cyclic N) is 1. The molecule has 1 N–H and O–H groups in total. The molecule has 2 aromatic rings. The third-order valence-corrected chi connectivity index (χ3v) is 4.94. The van der Waals surface area contributed by atoms with Crippen molar-refractivity contribution < 1.29 is 5.11 Å². The summed E-state index contributed by atoms with van der Waals surface area (Å²) in [5.41, 5.74) is 0.222. The number of rotatable bonds is 5. The summed E-state index contributed by atoms with van der Waals surface area (Å²) in [7, 11) is 0. The molecule has 126 valence electrons. The first-order valence-electron chi connectivity index (χ1n) is 8.43. The Morgan fingerprint density at radius 1 is 1.09 bits per heavy atom. The predicted octanol–water partition coefficient (Wildman–Crippen LogP) is 1.11. The van der Waals surface area contributed by atoms with Crippen LogP contribution in [0.2, 0.25) is 0 Å². The molecular weight excluding hydrogens is 292 g/mol. The largest absolute Gasteiger partial charge is 0.389 e. The molecule has 0 spiro atoms. The number of anilines is 1. The van der Waals surface area contributed by atoms with Gasteiger partial charge in [0.05, 0.1) is 5.60 Å². The minimum absolute atomic E-state index is 0.557. The van der Waals surface area contributed by atoms with Crippen molar-refractivity contribution in [3.63, 3.8) is 0 Å². The van der Waals surface area contributed by atoms with E-state index in [2.05, 4.69) is 38.9 Å². The topological polar surface area (TPSA) is 69.8 Å². The molecule has 0 unspecified atom stereocenters. The van der Waals surface area contributed by atoms with Gasteiger partial charge in [-0.25, -0.2) is 0 Å². The molecule has 23 heavy (non-hydrogen) atoms. The summed E-state index contributed by atoms with van der Waals surface area (Å²) in [6.45, 7) is 10.5. The maximum absolute atomic E-state index is 10.5. The molecule has 0 aromatic carbocycles. The minimum atomic E-state index is -0.557. The summed E-state index contributed by atoms with van der Waals surface area (Å²) >= 11 is 0. The molecule has 7 heteroatoms. The van der Waals surface area contributed by atoms with Crippen LogP contribution >= 0.6 is 0 Å². The van der Waals surface area contributed by atoms with Crippen LogP contribution in [0.5, 0.6) is 0 Å². The van der Waals surface area contributed by atoms with Crippen molar-refractivity contribution in [3.05, 3.63) is 18.0 Å². The molecule has 3 rings (SSSR count). The number of hydrogen-bond acceptors (Lipinski definition) is 6. The molecule has 0 amide bonds. The number of hydrogen-bond donors (Lipinski definition) is 1. The van der Waals surface area contributed by atoms with Crippen LogP contribution in [0.1, 0.15) is 32.5 Å². The average molecular weight is 318 g/mol. The summed E-state index contributed by atoms with van der Waals surface area (Å²) < 4.78 is 1.79. The Morgan fingerprint density at radius 3 is 2.43 bits per heavy atom. The fourth-order valence-corrected chi connectivity index (χ4v) is 3.08. The van der Waals surface area contributed by atoms with Crippen LogP contribution in [0.25, 0.3) is 5.65 Å². The van der Waals surface area contributed by atoms with Gasteiger partial charge in [0.15, 0.2) is 11.5 Å². The molecule has 0 bridgehead atoms. The van der Waals surface area contributed by atoms with Crippen LogP contribution in [0.3, 0.4) is 0 Å². The molecule has 0 radical (unpaired) electrons. The van der Waals surface area contributed by atoms with E-state index in [9.17, 15) is 5.11 Å². The van der Waals surface area contributed by atoms with E-state index in [0.717, 1.165) is 62.9 Å². The van der Waals surface area contributed by atoms with Gasteiger partial charge in [0, 0.05) is 32.7 Å². The van der Waals surface area contributed by atoms with Gasteiger partial charge in [-0.3, -0.25) is 4.90 Å². The molecule has 0 aliphatic carbocycles. The summed E-state index contributed by atoms with van der Waals surface area (Å²) in [5, 5.41) is 23.3. The lowest BCUT2D eigenvalue weighted by Crippen LogP contribution is -2.52. The van der Waals surface area contributed by atoms with Crippen LogP contribution in [-0.2, 0) is 0 Å². The zero-order valence-electron chi connectivity index (χ0n) is 14.2. The molecule has 1 aliphatic rings. The zero-order valence-corrected chi connectivity index (χ0v) is 14.2. The quantitative estimate of drug-likeness (QED) is 0.890. The molecule has 2 aromatic heterocycles. The van der Waals surface area contributed by atoms with E-state index >= 15 is 0 Å². The first kappa shape index (κ1) is 16.1. The van der Waals surface area contributed by atoms with Crippen LogP contribution in [0.4, 0.5) is 5.82 Å². The van der Waals surface area contributed by atoms with Gasteiger partial charge in [-0.2, -0.15) is 4.52 Å². The Bertz CT molecular complexity index is 658. The number of aromatic nitrogens is 4. The minimum Gasteiger partial charge on any atom is -0.389 e. The highest BCUT2D eigenvalue weighted by molar-refractivity contribution is 5.46. The average Bonchev–Trinajstić information content (AvgIpc) is 2.96.